The fourth-order valence-electron chi connectivity index (χ4n) is 1.99. The van der Waals surface area contributed by atoms with Gasteiger partial charge in [0.2, 0.25) is 0 Å². The Labute approximate surface area is 118 Å². The van der Waals surface area contributed by atoms with Crippen molar-refractivity contribution in [2.24, 2.45) is 0 Å². The zero-order valence-electron chi connectivity index (χ0n) is 12.6. The lowest BCUT2D eigenvalue weighted by Gasteiger charge is -2.19. The van der Waals surface area contributed by atoms with Crippen LogP contribution in [0.2, 0.25) is 0 Å². The predicted octanol–water partition coefficient (Wildman–Crippen LogP) is 2.18. The molecule has 1 aromatic rings. The van der Waals surface area contributed by atoms with Crippen LogP contribution in [-0.2, 0) is 11.2 Å². The van der Waals surface area contributed by atoms with E-state index in [4.69, 9.17) is 4.74 Å². The minimum absolute atomic E-state index is 0.566. The third-order valence-electron chi connectivity index (χ3n) is 3.37. The van der Waals surface area contributed by atoms with Crippen molar-refractivity contribution in [3.63, 3.8) is 0 Å². The van der Waals surface area contributed by atoms with Crippen molar-refractivity contribution >= 4 is 0 Å². The van der Waals surface area contributed by atoms with Gasteiger partial charge in [-0.2, -0.15) is 0 Å². The molecular weight excluding hydrogens is 236 g/mol. The second-order valence-electron chi connectivity index (χ2n) is 5.18. The number of nitrogens with zero attached hydrogens (tertiary/aromatic N) is 1. The molecule has 1 aromatic carbocycles. The molecule has 1 rings (SSSR count). The zero-order chi connectivity index (χ0) is 13.9. The second-order valence-corrected chi connectivity index (χ2v) is 5.18. The van der Waals surface area contributed by atoms with Gasteiger partial charge in [-0.15, -0.1) is 0 Å². The van der Waals surface area contributed by atoms with Gasteiger partial charge >= 0.3 is 0 Å². The van der Waals surface area contributed by atoms with Crippen LogP contribution in [-0.4, -0.2) is 51.3 Å². The van der Waals surface area contributed by atoms with Gasteiger partial charge in [-0.05, 0) is 32.4 Å². The molecular formula is C16H28N2O. The van der Waals surface area contributed by atoms with Gasteiger partial charge in [0, 0.05) is 32.8 Å². The standard InChI is InChI=1S/C16H28N2O/c1-15(9-10-16-7-5-4-6-8-16)17-11-12-18(2)13-14-19-3/h4-8,15,17H,9-14H2,1-3H3. The lowest BCUT2D eigenvalue weighted by atomic mass is 10.1. The Hall–Kier alpha value is -0.900. The van der Waals surface area contributed by atoms with Gasteiger partial charge in [-0.1, -0.05) is 30.3 Å². The minimum atomic E-state index is 0.566. The van der Waals surface area contributed by atoms with E-state index >= 15 is 0 Å². The van der Waals surface area contributed by atoms with Crippen molar-refractivity contribution in [2.45, 2.75) is 25.8 Å². The summed E-state index contributed by atoms with van der Waals surface area (Å²) in [5, 5.41) is 3.58. The van der Waals surface area contributed by atoms with Crippen molar-refractivity contribution < 1.29 is 4.74 Å². The van der Waals surface area contributed by atoms with E-state index in [0.717, 1.165) is 32.7 Å². The van der Waals surface area contributed by atoms with E-state index in [9.17, 15) is 0 Å². The van der Waals surface area contributed by atoms with Gasteiger partial charge in [-0.3, -0.25) is 0 Å². The highest BCUT2D eigenvalue weighted by atomic mass is 16.5. The highest BCUT2D eigenvalue weighted by molar-refractivity contribution is 5.14. The molecule has 0 saturated heterocycles. The Kier molecular flexibility index (Phi) is 8.47. The topological polar surface area (TPSA) is 24.5 Å². The van der Waals surface area contributed by atoms with Crippen molar-refractivity contribution in [2.75, 3.05) is 40.4 Å². The van der Waals surface area contributed by atoms with Crippen LogP contribution in [0.15, 0.2) is 30.3 Å². The van der Waals surface area contributed by atoms with Crippen LogP contribution in [0, 0.1) is 0 Å². The van der Waals surface area contributed by atoms with E-state index in [0.29, 0.717) is 6.04 Å². The smallest absolute Gasteiger partial charge is 0.0589 e. The number of aryl methyl sites for hydroxylation is 1. The summed E-state index contributed by atoms with van der Waals surface area (Å²) in [4.78, 5) is 2.29. The predicted molar refractivity (Wildman–Crippen MR) is 81.6 cm³/mol. The number of likely N-dealkylation sites (N-methyl/N-ethyl adjacent to an activating group) is 1. The highest BCUT2D eigenvalue weighted by Crippen LogP contribution is 2.04. The Morgan fingerprint density at radius 1 is 1.21 bits per heavy atom. The Morgan fingerprint density at radius 3 is 2.63 bits per heavy atom. The van der Waals surface area contributed by atoms with Gasteiger partial charge < -0.3 is 15.0 Å². The largest absolute Gasteiger partial charge is 0.383 e. The normalized spacial score (nSPS) is 12.8. The molecule has 0 aliphatic rings. The van der Waals surface area contributed by atoms with Crippen molar-refractivity contribution in [1.82, 2.24) is 10.2 Å². The molecule has 3 nitrogen and oxygen atoms in total. The maximum Gasteiger partial charge on any atom is 0.0589 e. The number of rotatable bonds is 10. The molecule has 0 saturated carbocycles. The molecule has 0 aliphatic heterocycles. The molecule has 108 valence electrons. The molecule has 0 bridgehead atoms. The molecule has 0 radical (unpaired) electrons. The lowest BCUT2D eigenvalue weighted by molar-refractivity contribution is 0.161. The summed E-state index contributed by atoms with van der Waals surface area (Å²) in [5.41, 5.74) is 1.42. The van der Waals surface area contributed by atoms with Crippen molar-refractivity contribution in [3.05, 3.63) is 35.9 Å². The molecule has 0 heterocycles. The summed E-state index contributed by atoms with van der Waals surface area (Å²) in [6.07, 6.45) is 2.33. The first kappa shape index (κ1) is 16.2. The molecule has 0 aliphatic carbocycles. The molecule has 19 heavy (non-hydrogen) atoms. The van der Waals surface area contributed by atoms with Crippen LogP contribution in [0.5, 0.6) is 0 Å². The zero-order valence-corrected chi connectivity index (χ0v) is 12.6. The van der Waals surface area contributed by atoms with E-state index in [1.807, 2.05) is 0 Å². The van der Waals surface area contributed by atoms with E-state index in [1.54, 1.807) is 7.11 Å². The molecule has 0 aromatic heterocycles. The van der Waals surface area contributed by atoms with Crippen LogP contribution in [0.4, 0.5) is 0 Å². The highest BCUT2D eigenvalue weighted by Gasteiger charge is 2.03. The monoisotopic (exact) mass is 264 g/mol. The van der Waals surface area contributed by atoms with Gasteiger partial charge in [0.05, 0.1) is 6.61 Å². The fraction of sp³-hybridized carbons (Fsp3) is 0.625. The molecule has 1 N–H and O–H groups in total. The van der Waals surface area contributed by atoms with E-state index in [1.165, 1.54) is 12.0 Å². The average molecular weight is 264 g/mol. The molecule has 0 fully saturated rings. The average Bonchev–Trinajstić information content (AvgIpc) is 2.44. The Morgan fingerprint density at radius 2 is 1.95 bits per heavy atom. The summed E-state index contributed by atoms with van der Waals surface area (Å²) >= 11 is 0. The number of hydrogen-bond donors (Lipinski definition) is 1. The number of methoxy groups -OCH3 is 1. The molecule has 1 unspecified atom stereocenters. The van der Waals surface area contributed by atoms with Gasteiger partial charge in [0.25, 0.3) is 0 Å². The number of benzene rings is 1. The van der Waals surface area contributed by atoms with Crippen molar-refractivity contribution in [3.8, 4) is 0 Å². The molecule has 3 heteroatoms. The summed E-state index contributed by atoms with van der Waals surface area (Å²) in [5.74, 6) is 0. The molecule has 0 amide bonds. The Bertz CT molecular complexity index is 316. The maximum absolute atomic E-state index is 5.07. The SMILES string of the molecule is COCCN(C)CCNC(C)CCc1ccccc1. The van der Waals surface area contributed by atoms with E-state index < -0.39 is 0 Å². The summed E-state index contributed by atoms with van der Waals surface area (Å²) in [6, 6.07) is 11.3. The van der Waals surface area contributed by atoms with E-state index in [2.05, 4.69) is 54.5 Å². The van der Waals surface area contributed by atoms with Gasteiger partial charge in [-0.25, -0.2) is 0 Å². The first-order valence-corrected chi connectivity index (χ1v) is 7.17. The third kappa shape index (κ3) is 7.98. The van der Waals surface area contributed by atoms with Crippen LogP contribution in [0.25, 0.3) is 0 Å². The Balaban J connectivity index is 2.06. The second kappa shape index (κ2) is 9.96. The summed E-state index contributed by atoms with van der Waals surface area (Å²) in [7, 11) is 3.88. The van der Waals surface area contributed by atoms with Crippen LogP contribution in [0.3, 0.4) is 0 Å². The first-order valence-electron chi connectivity index (χ1n) is 7.17. The van der Waals surface area contributed by atoms with Crippen LogP contribution >= 0.6 is 0 Å². The van der Waals surface area contributed by atoms with Crippen molar-refractivity contribution in [1.29, 1.82) is 0 Å². The maximum atomic E-state index is 5.07. The molecule has 0 spiro atoms. The van der Waals surface area contributed by atoms with Gasteiger partial charge in [0.1, 0.15) is 0 Å². The first-order chi connectivity index (χ1) is 9.22. The quantitative estimate of drug-likeness (QED) is 0.701. The minimum Gasteiger partial charge on any atom is -0.383 e. The van der Waals surface area contributed by atoms with Crippen LogP contribution < -0.4 is 5.32 Å². The summed E-state index contributed by atoms with van der Waals surface area (Å²) in [6.45, 7) is 6.17. The van der Waals surface area contributed by atoms with Gasteiger partial charge in [0.15, 0.2) is 0 Å². The van der Waals surface area contributed by atoms with Crippen LogP contribution in [0.1, 0.15) is 18.9 Å². The van der Waals surface area contributed by atoms with E-state index in [-0.39, 0.29) is 0 Å². The number of ether oxygens (including phenoxy) is 1. The summed E-state index contributed by atoms with van der Waals surface area (Å²) < 4.78 is 5.07. The lowest BCUT2D eigenvalue weighted by Crippen LogP contribution is -2.35. The molecule has 1 atom stereocenters. The fourth-order valence-corrected chi connectivity index (χ4v) is 1.99. The number of hydrogen-bond acceptors (Lipinski definition) is 3. The third-order valence-corrected chi connectivity index (χ3v) is 3.37. The number of nitrogens with one attached hydrogen (secondary N) is 1.